The van der Waals surface area contributed by atoms with Crippen LogP contribution in [0.25, 0.3) is 10.9 Å². The van der Waals surface area contributed by atoms with Gasteiger partial charge in [0, 0.05) is 12.4 Å². The summed E-state index contributed by atoms with van der Waals surface area (Å²) in [5, 5.41) is 13.7. The maximum Gasteiger partial charge on any atom is 0.435 e. The van der Waals surface area contributed by atoms with Crippen LogP contribution in [-0.4, -0.2) is 32.6 Å². The monoisotopic (exact) mass is 365 g/mol. The lowest BCUT2D eigenvalue weighted by molar-refractivity contribution is -0.140. The highest BCUT2D eigenvalue weighted by Gasteiger charge is 2.37. The molecule has 1 unspecified atom stereocenters. The SMILES string of the molecule is Cc1cc(C)cc(OCC(O)Cn2nc(C(F)(F)F)c3cnccc32)c1. The van der Waals surface area contributed by atoms with E-state index in [4.69, 9.17) is 4.74 Å². The average molecular weight is 365 g/mol. The summed E-state index contributed by atoms with van der Waals surface area (Å²) in [6.07, 6.45) is -3.10. The smallest absolute Gasteiger partial charge is 0.435 e. The van der Waals surface area contributed by atoms with Gasteiger partial charge in [-0.2, -0.15) is 18.3 Å². The van der Waals surface area contributed by atoms with E-state index in [1.807, 2.05) is 32.0 Å². The van der Waals surface area contributed by atoms with Crippen LogP contribution in [0.15, 0.2) is 36.7 Å². The molecule has 138 valence electrons. The molecule has 0 radical (unpaired) electrons. The Labute approximate surface area is 148 Å². The summed E-state index contributed by atoms with van der Waals surface area (Å²) in [7, 11) is 0. The molecular weight excluding hydrogens is 347 g/mol. The number of ether oxygens (including phenoxy) is 1. The van der Waals surface area contributed by atoms with Gasteiger partial charge in [-0.05, 0) is 43.2 Å². The second-order valence-corrected chi connectivity index (χ2v) is 6.21. The summed E-state index contributed by atoms with van der Waals surface area (Å²) < 4.78 is 46.1. The van der Waals surface area contributed by atoms with Crippen molar-refractivity contribution in [2.24, 2.45) is 0 Å². The third-order valence-corrected chi connectivity index (χ3v) is 3.84. The van der Waals surface area contributed by atoms with E-state index < -0.39 is 18.0 Å². The summed E-state index contributed by atoms with van der Waals surface area (Å²) in [5.74, 6) is 0.604. The molecule has 0 amide bonds. The van der Waals surface area contributed by atoms with Gasteiger partial charge >= 0.3 is 6.18 Å². The van der Waals surface area contributed by atoms with Crippen LogP contribution in [0.5, 0.6) is 5.75 Å². The van der Waals surface area contributed by atoms with Gasteiger partial charge in [0.1, 0.15) is 18.5 Å². The number of aliphatic hydroxyl groups excluding tert-OH is 1. The molecule has 0 aliphatic rings. The van der Waals surface area contributed by atoms with Crippen molar-refractivity contribution in [3.63, 3.8) is 0 Å². The molecule has 5 nitrogen and oxygen atoms in total. The number of benzene rings is 1. The number of hydrogen-bond acceptors (Lipinski definition) is 4. The third kappa shape index (κ3) is 3.96. The molecule has 0 fully saturated rings. The minimum atomic E-state index is -4.59. The lowest BCUT2D eigenvalue weighted by Gasteiger charge is -2.14. The van der Waals surface area contributed by atoms with Crippen molar-refractivity contribution in [2.75, 3.05) is 6.61 Å². The molecule has 3 aromatic rings. The average Bonchev–Trinajstić information content (AvgIpc) is 2.91. The van der Waals surface area contributed by atoms with Gasteiger partial charge in [-0.15, -0.1) is 0 Å². The van der Waals surface area contributed by atoms with E-state index in [9.17, 15) is 18.3 Å². The molecule has 1 aromatic carbocycles. The fourth-order valence-corrected chi connectivity index (χ4v) is 2.83. The predicted molar refractivity (Wildman–Crippen MR) is 89.9 cm³/mol. The Morgan fingerprint density at radius 3 is 2.54 bits per heavy atom. The first kappa shape index (κ1) is 18.2. The Balaban J connectivity index is 1.76. The number of nitrogens with zero attached hydrogens (tertiary/aromatic N) is 3. The van der Waals surface area contributed by atoms with E-state index in [2.05, 4.69) is 10.1 Å². The van der Waals surface area contributed by atoms with Gasteiger partial charge < -0.3 is 9.84 Å². The van der Waals surface area contributed by atoms with Crippen molar-refractivity contribution in [1.82, 2.24) is 14.8 Å². The number of pyridine rings is 1. The minimum absolute atomic E-state index is 0.0588. The van der Waals surface area contributed by atoms with Crippen molar-refractivity contribution in [1.29, 1.82) is 0 Å². The molecule has 3 rings (SSSR count). The van der Waals surface area contributed by atoms with Crippen LogP contribution in [0.3, 0.4) is 0 Å². The second-order valence-electron chi connectivity index (χ2n) is 6.21. The number of aryl methyl sites for hydroxylation is 2. The van der Waals surface area contributed by atoms with E-state index in [0.29, 0.717) is 5.75 Å². The molecule has 2 aromatic heterocycles. The van der Waals surface area contributed by atoms with Crippen LogP contribution >= 0.6 is 0 Å². The normalized spacial score (nSPS) is 13.2. The van der Waals surface area contributed by atoms with E-state index in [1.165, 1.54) is 12.3 Å². The molecular formula is C18H18F3N3O2. The summed E-state index contributed by atoms with van der Waals surface area (Å²) in [5.41, 5.74) is 1.30. The Kier molecular flexibility index (Phi) is 4.86. The molecule has 8 heteroatoms. The minimum Gasteiger partial charge on any atom is -0.491 e. The molecule has 0 aliphatic carbocycles. The summed E-state index contributed by atoms with van der Waals surface area (Å²) in [6.45, 7) is 3.68. The summed E-state index contributed by atoms with van der Waals surface area (Å²) >= 11 is 0. The number of aromatic nitrogens is 3. The molecule has 0 saturated heterocycles. The van der Waals surface area contributed by atoms with Gasteiger partial charge in [-0.3, -0.25) is 9.67 Å². The van der Waals surface area contributed by atoms with E-state index >= 15 is 0 Å². The molecule has 2 heterocycles. The molecule has 0 saturated carbocycles. The first-order valence-corrected chi connectivity index (χ1v) is 8.01. The standard InChI is InChI=1S/C18H18F3N3O2/c1-11-5-12(2)7-14(6-11)26-10-13(25)9-24-16-3-4-22-8-15(16)17(23-24)18(19,20)21/h3-8,13,25H,9-10H2,1-2H3. The van der Waals surface area contributed by atoms with Crippen molar-refractivity contribution < 1.29 is 23.0 Å². The molecule has 0 bridgehead atoms. The maximum atomic E-state index is 13.1. The van der Waals surface area contributed by atoms with Gasteiger partial charge in [0.05, 0.1) is 17.4 Å². The second kappa shape index (κ2) is 6.95. The third-order valence-electron chi connectivity index (χ3n) is 3.84. The number of halogens is 3. The van der Waals surface area contributed by atoms with Gasteiger partial charge in [0.15, 0.2) is 5.69 Å². The van der Waals surface area contributed by atoms with Crippen LogP contribution < -0.4 is 4.74 Å². The summed E-state index contributed by atoms with van der Waals surface area (Å²) in [6, 6.07) is 7.09. The fourth-order valence-electron chi connectivity index (χ4n) is 2.83. The van der Waals surface area contributed by atoms with Crippen molar-refractivity contribution in [3.8, 4) is 5.75 Å². The van der Waals surface area contributed by atoms with Crippen molar-refractivity contribution >= 4 is 10.9 Å². The Morgan fingerprint density at radius 2 is 1.88 bits per heavy atom. The number of alkyl halides is 3. The highest BCUT2D eigenvalue weighted by Crippen LogP contribution is 2.33. The van der Waals surface area contributed by atoms with Crippen LogP contribution in [0, 0.1) is 13.8 Å². The summed E-state index contributed by atoms with van der Waals surface area (Å²) in [4.78, 5) is 3.73. The number of hydrogen-bond donors (Lipinski definition) is 1. The highest BCUT2D eigenvalue weighted by atomic mass is 19.4. The topological polar surface area (TPSA) is 60.2 Å². The molecule has 1 atom stereocenters. The Hall–Kier alpha value is -2.61. The molecule has 0 aliphatic heterocycles. The number of aliphatic hydroxyl groups is 1. The van der Waals surface area contributed by atoms with Gasteiger partial charge in [-0.25, -0.2) is 0 Å². The van der Waals surface area contributed by atoms with Crippen molar-refractivity contribution in [3.05, 3.63) is 53.5 Å². The Morgan fingerprint density at radius 1 is 1.19 bits per heavy atom. The maximum absolute atomic E-state index is 13.1. The first-order valence-electron chi connectivity index (χ1n) is 8.01. The van der Waals surface area contributed by atoms with Crippen LogP contribution in [0.1, 0.15) is 16.8 Å². The van der Waals surface area contributed by atoms with Gasteiger partial charge in [-0.1, -0.05) is 6.07 Å². The number of rotatable bonds is 5. The highest BCUT2D eigenvalue weighted by molar-refractivity contribution is 5.81. The lowest BCUT2D eigenvalue weighted by atomic mass is 10.1. The quantitative estimate of drug-likeness (QED) is 0.752. The predicted octanol–water partition coefficient (Wildman–Crippen LogP) is 3.51. The zero-order chi connectivity index (χ0) is 18.9. The first-order chi connectivity index (χ1) is 12.2. The lowest BCUT2D eigenvalue weighted by Crippen LogP contribution is -2.24. The van der Waals surface area contributed by atoms with Gasteiger partial charge in [0.25, 0.3) is 0 Å². The molecule has 26 heavy (non-hydrogen) atoms. The van der Waals surface area contributed by atoms with Gasteiger partial charge in [0.2, 0.25) is 0 Å². The fraction of sp³-hybridized carbons (Fsp3) is 0.333. The van der Waals surface area contributed by atoms with Crippen LogP contribution in [0.2, 0.25) is 0 Å². The van der Waals surface area contributed by atoms with E-state index in [-0.39, 0.29) is 24.1 Å². The van der Waals surface area contributed by atoms with Crippen LogP contribution in [-0.2, 0) is 12.7 Å². The van der Waals surface area contributed by atoms with Crippen LogP contribution in [0.4, 0.5) is 13.2 Å². The largest absolute Gasteiger partial charge is 0.491 e. The molecule has 0 spiro atoms. The Bertz CT molecular complexity index is 901. The number of fused-ring (bicyclic) bond motifs is 1. The van der Waals surface area contributed by atoms with E-state index in [1.54, 1.807) is 0 Å². The zero-order valence-corrected chi connectivity index (χ0v) is 14.3. The van der Waals surface area contributed by atoms with E-state index in [0.717, 1.165) is 22.0 Å². The molecule has 1 N–H and O–H groups in total. The zero-order valence-electron chi connectivity index (χ0n) is 14.3. The van der Waals surface area contributed by atoms with Crippen molar-refractivity contribution in [2.45, 2.75) is 32.7 Å².